The Balaban J connectivity index is 2.11. The second-order valence-electron chi connectivity index (χ2n) is 5.12. The van der Waals surface area contributed by atoms with Crippen molar-refractivity contribution in [2.45, 2.75) is 13.5 Å². The van der Waals surface area contributed by atoms with Gasteiger partial charge in [0.2, 0.25) is 0 Å². The van der Waals surface area contributed by atoms with Crippen LogP contribution in [0.4, 0.5) is 4.39 Å². The summed E-state index contributed by atoms with van der Waals surface area (Å²) in [5.74, 6) is -0.676. The number of hydrogen-bond donors (Lipinski definition) is 0. The third kappa shape index (κ3) is 2.39. The van der Waals surface area contributed by atoms with Crippen LogP contribution in [0.5, 0.6) is 0 Å². The van der Waals surface area contributed by atoms with Crippen molar-refractivity contribution in [2.75, 3.05) is 6.61 Å². The van der Waals surface area contributed by atoms with Gasteiger partial charge >= 0.3 is 5.97 Å². The SMILES string of the molecule is CCOC(=O)c1cc2c(ccn2C)n1Cc1ccccc1F. The highest BCUT2D eigenvalue weighted by Crippen LogP contribution is 2.23. The topological polar surface area (TPSA) is 36.2 Å². The first-order chi connectivity index (χ1) is 10.6. The zero-order valence-electron chi connectivity index (χ0n) is 12.5. The van der Waals surface area contributed by atoms with E-state index in [0.717, 1.165) is 11.0 Å². The van der Waals surface area contributed by atoms with E-state index in [1.54, 1.807) is 35.8 Å². The van der Waals surface area contributed by atoms with Crippen LogP contribution in [0.3, 0.4) is 0 Å². The fourth-order valence-corrected chi connectivity index (χ4v) is 2.61. The lowest BCUT2D eigenvalue weighted by Gasteiger charge is -2.10. The number of fused-ring (bicyclic) bond motifs is 1. The molecule has 3 rings (SSSR count). The Hall–Kier alpha value is -2.56. The van der Waals surface area contributed by atoms with Crippen LogP contribution < -0.4 is 0 Å². The number of carbonyl (C=O) groups is 1. The number of esters is 1. The van der Waals surface area contributed by atoms with Gasteiger partial charge in [-0.1, -0.05) is 18.2 Å². The number of benzene rings is 1. The Morgan fingerprint density at radius 2 is 2.00 bits per heavy atom. The molecule has 3 aromatic rings. The van der Waals surface area contributed by atoms with Gasteiger partial charge in [-0.05, 0) is 25.1 Å². The van der Waals surface area contributed by atoms with E-state index in [0.29, 0.717) is 17.9 Å². The Labute approximate surface area is 127 Å². The molecule has 0 spiro atoms. The molecule has 22 heavy (non-hydrogen) atoms. The summed E-state index contributed by atoms with van der Waals surface area (Å²) in [5, 5.41) is 0. The summed E-state index contributed by atoms with van der Waals surface area (Å²) >= 11 is 0. The summed E-state index contributed by atoms with van der Waals surface area (Å²) < 4.78 is 22.8. The largest absolute Gasteiger partial charge is 0.461 e. The second kappa shape index (κ2) is 5.67. The van der Waals surface area contributed by atoms with Gasteiger partial charge in [0.25, 0.3) is 0 Å². The van der Waals surface area contributed by atoms with E-state index in [4.69, 9.17) is 4.74 Å². The van der Waals surface area contributed by atoms with Crippen molar-refractivity contribution in [3.63, 3.8) is 0 Å². The molecule has 0 aliphatic heterocycles. The first kappa shape index (κ1) is 14.4. The lowest BCUT2D eigenvalue weighted by molar-refractivity contribution is 0.0515. The molecule has 0 fully saturated rings. The van der Waals surface area contributed by atoms with Gasteiger partial charge in [0.1, 0.15) is 11.5 Å². The molecule has 114 valence electrons. The average Bonchev–Trinajstić information content (AvgIpc) is 3.03. The number of halogens is 1. The number of aromatic nitrogens is 2. The molecule has 1 aromatic carbocycles. The van der Waals surface area contributed by atoms with E-state index in [-0.39, 0.29) is 12.4 Å². The van der Waals surface area contributed by atoms with Crippen molar-refractivity contribution in [2.24, 2.45) is 7.05 Å². The van der Waals surface area contributed by atoms with Crippen molar-refractivity contribution in [1.29, 1.82) is 0 Å². The summed E-state index contributed by atoms with van der Waals surface area (Å²) in [5.41, 5.74) is 2.77. The Kier molecular flexibility index (Phi) is 3.71. The Morgan fingerprint density at radius 3 is 2.73 bits per heavy atom. The van der Waals surface area contributed by atoms with E-state index in [1.807, 2.05) is 23.9 Å². The normalized spacial score (nSPS) is 11.0. The van der Waals surface area contributed by atoms with Crippen molar-refractivity contribution < 1.29 is 13.9 Å². The fourth-order valence-electron chi connectivity index (χ4n) is 2.61. The Bertz CT molecular complexity index is 832. The molecule has 0 aliphatic carbocycles. The highest BCUT2D eigenvalue weighted by atomic mass is 19.1. The van der Waals surface area contributed by atoms with Gasteiger partial charge in [-0.25, -0.2) is 9.18 Å². The molecule has 0 N–H and O–H groups in total. The second-order valence-corrected chi connectivity index (χ2v) is 5.12. The highest BCUT2D eigenvalue weighted by Gasteiger charge is 2.19. The molecule has 4 nitrogen and oxygen atoms in total. The third-order valence-electron chi connectivity index (χ3n) is 3.72. The molecule has 0 atom stereocenters. The summed E-state index contributed by atoms with van der Waals surface area (Å²) in [6.45, 7) is 2.36. The molecule has 0 aliphatic rings. The average molecular weight is 300 g/mol. The van der Waals surface area contributed by atoms with E-state index >= 15 is 0 Å². The lowest BCUT2D eigenvalue weighted by Crippen LogP contribution is -2.13. The standard InChI is InChI=1S/C17H17FN2O2/c1-3-22-17(21)16-10-15-14(8-9-19(15)2)20(16)11-12-6-4-5-7-13(12)18/h4-10H,3,11H2,1-2H3. The van der Waals surface area contributed by atoms with Crippen LogP contribution in [0.2, 0.25) is 0 Å². The predicted octanol–water partition coefficient (Wildman–Crippen LogP) is 3.34. The molecule has 5 heteroatoms. The van der Waals surface area contributed by atoms with Crippen molar-refractivity contribution in [1.82, 2.24) is 9.13 Å². The van der Waals surface area contributed by atoms with Crippen LogP contribution in [0.1, 0.15) is 23.0 Å². The minimum atomic E-state index is -0.393. The van der Waals surface area contributed by atoms with Gasteiger partial charge in [-0.2, -0.15) is 0 Å². The van der Waals surface area contributed by atoms with E-state index < -0.39 is 5.97 Å². The van der Waals surface area contributed by atoms with Gasteiger partial charge in [0, 0.05) is 18.8 Å². The summed E-state index contributed by atoms with van der Waals surface area (Å²) in [7, 11) is 1.91. The fraction of sp³-hybridized carbons (Fsp3) is 0.235. The molecule has 2 heterocycles. The molecular weight excluding hydrogens is 283 g/mol. The zero-order chi connectivity index (χ0) is 15.7. The van der Waals surface area contributed by atoms with Crippen LogP contribution in [0, 0.1) is 5.82 Å². The first-order valence-corrected chi connectivity index (χ1v) is 7.17. The molecule has 0 radical (unpaired) electrons. The van der Waals surface area contributed by atoms with Crippen molar-refractivity contribution >= 4 is 17.0 Å². The summed E-state index contributed by atoms with van der Waals surface area (Å²) in [4.78, 5) is 12.2. The molecule has 0 bridgehead atoms. The number of carbonyl (C=O) groups excluding carboxylic acids is 1. The number of hydrogen-bond acceptors (Lipinski definition) is 2. The minimum absolute atomic E-state index is 0.282. The predicted molar refractivity (Wildman–Crippen MR) is 82.4 cm³/mol. The molecular formula is C17H17FN2O2. The van der Waals surface area contributed by atoms with Crippen molar-refractivity contribution in [3.8, 4) is 0 Å². The molecule has 0 amide bonds. The minimum Gasteiger partial charge on any atom is -0.461 e. The maximum Gasteiger partial charge on any atom is 0.355 e. The molecule has 0 saturated heterocycles. The monoisotopic (exact) mass is 300 g/mol. The summed E-state index contributed by atoms with van der Waals surface area (Å²) in [6, 6.07) is 10.3. The lowest BCUT2D eigenvalue weighted by atomic mass is 10.2. The van der Waals surface area contributed by atoms with Crippen LogP contribution in [0.25, 0.3) is 11.0 Å². The van der Waals surface area contributed by atoms with Gasteiger partial charge in [-0.15, -0.1) is 0 Å². The van der Waals surface area contributed by atoms with Crippen LogP contribution >= 0.6 is 0 Å². The van der Waals surface area contributed by atoms with Gasteiger partial charge < -0.3 is 13.9 Å². The van der Waals surface area contributed by atoms with Crippen LogP contribution in [0.15, 0.2) is 42.6 Å². The maximum atomic E-state index is 13.9. The van der Waals surface area contributed by atoms with Gasteiger partial charge in [0.05, 0.1) is 24.2 Å². The van der Waals surface area contributed by atoms with E-state index in [9.17, 15) is 9.18 Å². The van der Waals surface area contributed by atoms with Gasteiger partial charge in [0.15, 0.2) is 0 Å². The van der Waals surface area contributed by atoms with Crippen molar-refractivity contribution in [3.05, 3.63) is 59.7 Å². The first-order valence-electron chi connectivity index (χ1n) is 7.17. The van der Waals surface area contributed by atoms with E-state index in [2.05, 4.69) is 0 Å². The zero-order valence-corrected chi connectivity index (χ0v) is 12.5. The van der Waals surface area contributed by atoms with E-state index in [1.165, 1.54) is 6.07 Å². The molecule has 0 saturated carbocycles. The maximum absolute atomic E-state index is 13.9. The smallest absolute Gasteiger partial charge is 0.355 e. The number of nitrogens with zero attached hydrogens (tertiary/aromatic N) is 2. The van der Waals surface area contributed by atoms with Gasteiger partial charge in [-0.3, -0.25) is 0 Å². The quantitative estimate of drug-likeness (QED) is 0.693. The third-order valence-corrected chi connectivity index (χ3v) is 3.72. The van der Waals surface area contributed by atoms with Crippen LogP contribution in [-0.2, 0) is 18.3 Å². The number of ether oxygens (including phenoxy) is 1. The number of aryl methyl sites for hydroxylation is 1. The summed E-state index contributed by atoms with van der Waals surface area (Å²) in [6.07, 6.45) is 1.91. The van der Waals surface area contributed by atoms with Crippen LogP contribution in [-0.4, -0.2) is 21.7 Å². The molecule has 2 aromatic heterocycles. The Morgan fingerprint density at radius 1 is 1.23 bits per heavy atom. The number of rotatable bonds is 4. The molecule has 0 unspecified atom stereocenters. The highest BCUT2D eigenvalue weighted by molar-refractivity contribution is 5.95.